The number of ketones is 2. The molecule has 0 radical (unpaired) electrons. The van der Waals surface area contributed by atoms with Crippen molar-refractivity contribution in [1.82, 2.24) is 20.4 Å². The third-order valence-electron chi connectivity index (χ3n) is 13.7. The van der Waals surface area contributed by atoms with Gasteiger partial charge < -0.3 is 20.4 Å². The second-order valence-electron chi connectivity index (χ2n) is 18.2. The summed E-state index contributed by atoms with van der Waals surface area (Å²) in [5, 5.41) is 5.68. The van der Waals surface area contributed by atoms with Crippen LogP contribution in [0.15, 0.2) is 0 Å². The zero-order chi connectivity index (χ0) is 40.1. The normalized spacial score (nSPS) is 21.2. The van der Waals surface area contributed by atoms with Crippen LogP contribution >= 0.6 is 0 Å². The van der Waals surface area contributed by atoms with E-state index in [0.717, 1.165) is 82.0 Å². The molecule has 1 aliphatic carbocycles. The molecule has 0 spiro atoms. The van der Waals surface area contributed by atoms with E-state index in [9.17, 15) is 19.2 Å². The van der Waals surface area contributed by atoms with Crippen LogP contribution in [0.5, 0.6) is 0 Å². The number of nitrogens with one attached hydrogen (secondary N) is 2. The molecule has 2 heterocycles. The van der Waals surface area contributed by atoms with Crippen LogP contribution in [0.3, 0.4) is 0 Å². The minimum absolute atomic E-state index is 0.0172. The minimum Gasteiger partial charge on any atom is -0.336 e. The molecule has 3 aliphatic rings. The molecule has 4 unspecified atom stereocenters. The Morgan fingerprint density at radius 1 is 0.464 bits per heavy atom. The molecule has 324 valence electrons. The Labute approximate surface area is 344 Å². The van der Waals surface area contributed by atoms with Gasteiger partial charge in [0.2, 0.25) is 0 Å². The highest BCUT2D eigenvalue weighted by Crippen LogP contribution is 2.48. The fourth-order valence-corrected chi connectivity index (χ4v) is 10.3. The van der Waals surface area contributed by atoms with Crippen molar-refractivity contribution in [2.75, 3.05) is 39.3 Å². The van der Waals surface area contributed by atoms with E-state index in [0.29, 0.717) is 50.3 Å². The fraction of sp³-hybridized carbons (Fsp3) is 0.917. The summed E-state index contributed by atoms with van der Waals surface area (Å²) >= 11 is 0. The van der Waals surface area contributed by atoms with E-state index in [-0.39, 0.29) is 12.1 Å². The molecule has 0 aromatic heterocycles. The summed E-state index contributed by atoms with van der Waals surface area (Å²) in [6.45, 7) is 9.04. The molecule has 0 aromatic rings. The number of amides is 4. The van der Waals surface area contributed by atoms with Gasteiger partial charge in [-0.3, -0.25) is 9.59 Å². The van der Waals surface area contributed by atoms with Crippen molar-refractivity contribution in [2.24, 2.45) is 23.7 Å². The fourth-order valence-electron chi connectivity index (χ4n) is 10.3. The van der Waals surface area contributed by atoms with E-state index in [1.165, 1.54) is 148 Å². The Bertz CT molecular complexity index is 1070. The lowest BCUT2D eigenvalue weighted by molar-refractivity contribution is -0.120. The van der Waals surface area contributed by atoms with E-state index in [1.54, 1.807) is 0 Å². The second kappa shape index (κ2) is 30.9. The molecular weight excluding hydrogens is 697 g/mol. The first-order valence-electron chi connectivity index (χ1n) is 24.5. The summed E-state index contributed by atoms with van der Waals surface area (Å²) in [5.74, 6) is 4.35. The van der Waals surface area contributed by atoms with Crippen molar-refractivity contribution in [1.29, 1.82) is 0 Å². The summed E-state index contributed by atoms with van der Waals surface area (Å²) in [7, 11) is 0. The molecule has 0 bridgehead atoms. The molecular formula is C48H88N4O4. The maximum atomic E-state index is 12.5. The lowest BCUT2D eigenvalue weighted by atomic mass is 9.61. The van der Waals surface area contributed by atoms with Gasteiger partial charge in [0.1, 0.15) is 11.6 Å². The largest absolute Gasteiger partial charge is 0.336 e. The van der Waals surface area contributed by atoms with Crippen LogP contribution in [-0.4, -0.2) is 72.7 Å². The van der Waals surface area contributed by atoms with Gasteiger partial charge in [0.05, 0.1) is 0 Å². The molecule has 8 nitrogen and oxygen atoms in total. The molecule has 4 amide bonds. The molecule has 0 aromatic carbocycles. The number of unbranched alkanes of at least 4 members (excludes halogenated alkanes) is 16. The van der Waals surface area contributed by atoms with Crippen LogP contribution in [0.4, 0.5) is 9.59 Å². The lowest BCUT2D eigenvalue weighted by Gasteiger charge is -2.44. The SMILES string of the molecule is CCCCCCCCC1C(CCCCCC)CCC(CCCCCCCC(=O)CCCN2CCNC2=O)C1CCCCCCCC(=O)CCCN1CCNC1=O. The zero-order valence-electron chi connectivity index (χ0n) is 36.7. The van der Waals surface area contributed by atoms with Crippen LogP contribution in [0.25, 0.3) is 0 Å². The number of carbonyl (C=O) groups excluding carboxylic acids is 4. The van der Waals surface area contributed by atoms with Crippen LogP contribution in [0.1, 0.15) is 219 Å². The van der Waals surface area contributed by atoms with Gasteiger partial charge in [0.15, 0.2) is 0 Å². The van der Waals surface area contributed by atoms with Crippen LogP contribution < -0.4 is 10.6 Å². The van der Waals surface area contributed by atoms with Crippen molar-refractivity contribution in [2.45, 2.75) is 219 Å². The van der Waals surface area contributed by atoms with Crippen LogP contribution in [0.2, 0.25) is 0 Å². The smallest absolute Gasteiger partial charge is 0.317 e. The first kappa shape index (κ1) is 48.3. The molecule has 1 saturated carbocycles. The molecule has 56 heavy (non-hydrogen) atoms. The zero-order valence-corrected chi connectivity index (χ0v) is 36.7. The summed E-state index contributed by atoms with van der Waals surface area (Å²) in [6, 6.07) is 0.0349. The van der Waals surface area contributed by atoms with Crippen LogP contribution in [-0.2, 0) is 9.59 Å². The standard InChI is InChI=1S/C48H88N4O4/c1-3-5-7-9-15-21-31-45-41(25-17-8-6-4-2)33-34-42(26-18-12-10-13-19-27-43(53)29-23-37-51-39-35-49-47(51)55)46(45)32-22-16-11-14-20-28-44(54)30-24-38-52-40-36-50-48(52)56/h41-42,45-46H,3-40H2,1-2H3,(H,49,55)(H,50,56). The monoisotopic (exact) mass is 785 g/mol. The van der Waals surface area contributed by atoms with Gasteiger partial charge in [-0.15, -0.1) is 0 Å². The van der Waals surface area contributed by atoms with E-state index in [4.69, 9.17) is 0 Å². The van der Waals surface area contributed by atoms with E-state index in [1.807, 2.05) is 9.80 Å². The second-order valence-corrected chi connectivity index (χ2v) is 18.2. The Balaban J connectivity index is 1.40. The first-order chi connectivity index (χ1) is 27.4. The number of Topliss-reactive ketones (excluding diaryl/α,β-unsaturated/α-hetero) is 2. The van der Waals surface area contributed by atoms with E-state index < -0.39 is 0 Å². The molecule has 8 heteroatoms. The van der Waals surface area contributed by atoms with Gasteiger partial charge >= 0.3 is 12.1 Å². The van der Waals surface area contributed by atoms with Gasteiger partial charge in [-0.05, 0) is 75.0 Å². The van der Waals surface area contributed by atoms with Crippen molar-refractivity contribution in [3.8, 4) is 0 Å². The molecule has 2 N–H and O–H groups in total. The average Bonchev–Trinajstić information content (AvgIpc) is 3.81. The topological polar surface area (TPSA) is 98.8 Å². The van der Waals surface area contributed by atoms with E-state index >= 15 is 0 Å². The maximum absolute atomic E-state index is 12.5. The summed E-state index contributed by atoms with van der Waals surface area (Å²) in [6.07, 6.45) is 38.9. The predicted octanol–water partition coefficient (Wildman–Crippen LogP) is 12.2. The third-order valence-corrected chi connectivity index (χ3v) is 13.7. The quantitative estimate of drug-likeness (QED) is 0.0618. The number of rotatable bonds is 36. The Hall–Kier alpha value is -2.12. The van der Waals surface area contributed by atoms with Gasteiger partial charge in [-0.1, -0.05) is 142 Å². The molecule has 3 rings (SSSR count). The number of carbonyl (C=O) groups is 4. The van der Waals surface area contributed by atoms with Crippen molar-refractivity contribution < 1.29 is 19.2 Å². The Morgan fingerprint density at radius 2 is 0.804 bits per heavy atom. The highest BCUT2D eigenvalue weighted by Gasteiger charge is 2.37. The van der Waals surface area contributed by atoms with E-state index in [2.05, 4.69) is 24.5 Å². The Kier molecular flexibility index (Phi) is 26.6. The highest BCUT2D eigenvalue weighted by molar-refractivity contribution is 5.79. The van der Waals surface area contributed by atoms with Gasteiger partial charge in [0.25, 0.3) is 0 Å². The average molecular weight is 785 g/mol. The van der Waals surface area contributed by atoms with Gasteiger partial charge in [0, 0.05) is 65.0 Å². The maximum Gasteiger partial charge on any atom is 0.317 e. The van der Waals surface area contributed by atoms with Crippen molar-refractivity contribution >= 4 is 23.6 Å². The molecule has 2 saturated heterocycles. The molecule has 4 atom stereocenters. The number of hydrogen-bond donors (Lipinski definition) is 2. The third kappa shape index (κ3) is 20.5. The van der Waals surface area contributed by atoms with Crippen LogP contribution in [0, 0.1) is 23.7 Å². The number of hydrogen-bond acceptors (Lipinski definition) is 4. The number of urea groups is 2. The van der Waals surface area contributed by atoms with Gasteiger partial charge in [-0.2, -0.15) is 0 Å². The minimum atomic E-state index is 0.0172. The summed E-state index contributed by atoms with van der Waals surface area (Å²) < 4.78 is 0. The lowest BCUT2D eigenvalue weighted by Crippen LogP contribution is -2.35. The predicted molar refractivity (Wildman–Crippen MR) is 233 cm³/mol. The van der Waals surface area contributed by atoms with Crippen molar-refractivity contribution in [3.63, 3.8) is 0 Å². The first-order valence-corrected chi connectivity index (χ1v) is 24.5. The van der Waals surface area contributed by atoms with Gasteiger partial charge in [-0.25, -0.2) is 9.59 Å². The summed E-state index contributed by atoms with van der Waals surface area (Å²) in [5.41, 5.74) is 0. The summed E-state index contributed by atoms with van der Waals surface area (Å²) in [4.78, 5) is 52.0. The molecule has 3 fully saturated rings. The highest BCUT2D eigenvalue weighted by atomic mass is 16.2. The van der Waals surface area contributed by atoms with Crippen molar-refractivity contribution in [3.05, 3.63) is 0 Å². The molecule has 2 aliphatic heterocycles. The number of nitrogens with zero attached hydrogens (tertiary/aromatic N) is 2. The Morgan fingerprint density at radius 3 is 1.20 bits per heavy atom.